The van der Waals surface area contributed by atoms with E-state index in [-0.39, 0.29) is 5.91 Å². The molecule has 0 unspecified atom stereocenters. The molecule has 0 aliphatic rings. The summed E-state index contributed by atoms with van der Waals surface area (Å²) in [6.45, 7) is 2.49. The normalized spacial score (nSPS) is 10.6. The Morgan fingerprint density at radius 1 is 1.14 bits per heavy atom. The monoisotopic (exact) mass is 310 g/mol. The van der Waals surface area contributed by atoms with Gasteiger partial charge in [0.25, 0.3) is 5.91 Å². The number of carbonyl (C=O) groups is 1. The van der Waals surface area contributed by atoms with Crippen molar-refractivity contribution < 1.29 is 4.79 Å². The average Bonchev–Trinajstić information content (AvgIpc) is 2.54. The van der Waals surface area contributed by atoms with Crippen molar-refractivity contribution >= 4 is 28.4 Å². The lowest BCUT2D eigenvalue weighted by Gasteiger charge is -2.10. The first kappa shape index (κ1) is 14.5. The van der Waals surface area contributed by atoms with Crippen molar-refractivity contribution in [2.24, 2.45) is 0 Å². The fourth-order valence-corrected chi connectivity index (χ4v) is 2.51. The number of para-hydroxylation sites is 1. The number of hydrogen-bond donors (Lipinski definition) is 1. The van der Waals surface area contributed by atoms with Crippen LogP contribution in [0.2, 0.25) is 5.02 Å². The molecule has 0 atom stereocenters. The van der Waals surface area contributed by atoms with Gasteiger partial charge in [0.15, 0.2) is 0 Å². The summed E-state index contributed by atoms with van der Waals surface area (Å²) in [4.78, 5) is 17.0. The second-order valence-corrected chi connectivity index (χ2v) is 5.37. The lowest BCUT2D eigenvalue weighted by molar-refractivity contribution is 0.0957. The predicted octanol–water partition coefficient (Wildman–Crippen LogP) is 4.30. The number of benzene rings is 2. The quantitative estimate of drug-likeness (QED) is 0.783. The van der Waals surface area contributed by atoms with E-state index in [9.17, 15) is 4.79 Å². The van der Waals surface area contributed by atoms with E-state index in [4.69, 9.17) is 11.6 Å². The zero-order valence-electron chi connectivity index (χ0n) is 12.1. The van der Waals surface area contributed by atoms with Gasteiger partial charge in [0.2, 0.25) is 0 Å². The van der Waals surface area contributed by atoms with Gasteiger partial charge in [0.1, 0.15) is 0 Å². The number of pyridine rings is 1. The van der Waals surface area contributed by atoms with E-state index in [0.717, 1.165) is 22.2 Å². The molecule has 3 rings (SSSR count). The third kappa shape index (κ3) is 2.81. The molecule has 1 amide bonds. The number of rotatable bonds is 3. The first-order chi connectivity index (χ1) is 10.7. The molecule has 4 heteroatoms. The minimum Gasteiger partial charge on any atom is -0.352 e. The summed E-state index contributed by atoms with van der Waals surface area (Å²) < 4.78 is 0. The molecule has 22 heavy (non-hydrogen) atoms. The molecule has 0 saturated heterocycles. The van der Waals surface area contributed by atoms with Gasteiger partial charge in [0, 0.05) is 22.5 Å². The standard InChI is InChI=1S/C18H15ClN2O/c1-2-20-18(22)15-11-17(12-7-9-13(19)10-8-12)21-16-6-4-3-5-14(15)16/h3-11H,2H2,1H3,(H,20,22). The van der Waals surface area contributed by atoms with Gasteiger partial charge in [-0.25, -0.2) is 4.98 Å². The molecule has 1 heterocycles. The first-order valence-corrected chi connectivity index (χ1v) is 7.51. The molecule has 0 fully saturated rings. The maximum atomic E-state index is 12.3. The summed E-state index contributed by atoms with van der Waals surface area (Å²) in [5.74, 6) is -0.0867. The molecule has 0 bridgehead atoms. The fraction of sp³-hybridized carbons (Fsp3) is 0.111. The Balaban J connectivity index is 2.20. The number of hydrogen-bond acceptors (Lipinski definition) is 2. The van der Waals surface area contributed by atoms with Gasteiger partial charge in [-0.2, -0.15) is 0 Å². The number of fused-ring (bicyclic) bond motifs is 1. The van der Waals surface area contributed by atoms with Crippen LogP contribution in [-0.4, -0.2) is 17.4 Å². The lowest BCUT2D eigenvalue weighted by Crippen LogP contribution is -2.23. The van der Waals surface area contributed by atoms with E-state index < -0.39 is 0 Å². The SMILES string of the molecule is CCNC(=O)c1cc(-c2ccc(Cl)cc2)nc2ccccc12. The molecule has 0 radical (unpaired) electrons. The third-order valence-corrected chi connectivity index (χ3v) is 3.69. The van der Waals surface area contributed by atoms with Crippen LogP contribution in [0.5, 0.6) is 0 Å². The van der Waals surface area contributed by atoms with Gasteiger partial charge >= 0.3 is 0 Å². The van der Waals surface area contributed by atoms with Gasteiger partial charge < -0.3 is 5.32 Å². The smallest absolute Gasteiger partial charge is 0.252 e. The molecule has 0 aliphatic heterocycles. The largest absolute Gasteiger partial charge is 0.352 e. The highest BCUT2D eigenvalue weighted by atomic mass is 35.5. The van der Waals surface area contributed by atoms with E-state index in [0.29, 0.717) is 17.1 Å². The van der Waals surface area contributed by atoms with E-state index in [1.165, 1.54) is 0 Å². The molecular formula is C18H15ClN2O. The Morgan fingerprint density at radius 3 is 2.59 bits per heavy atom. The maximum absolute atomic E-state index is 12.3. The first-order valence-electron chi connectivity index (χ1n) is 7.13. The third-order valence-electron chi connectivity index (χ3n) is 3.44. The van der Waals surface area contributed by atoms with Crippen LogP contribution < -0.4 is 5.32 Å². The van der Waals surface area contributed by atoms with Crippen molar-refractivity contribution in [3.05, 3.63) is 65.2 Å². The van der Waals surface area contributed by atoms with Gasteiger partial charge in [-0.3, -0.25) is 4.79 Å². The second-order valence-electron chi connectivity index (χ2n) is 4.94. The molecular weight excluding hydrogens is 296 g/mol. The minimum atomic E-state index is -0.0867. The molecule has 0 saturated carbocycles. The highest BCUT2D eigenvalue weighted by Gasteiger charge is 2.13. The Hall–Kier alpha value is -2.39. The zero-order valence-corrected chi connectivity index (χ0v) is 12.9. The second kappa shape index (κ2) is 6.16. The Kier molecular flexibility index (Phi) is 4.07. The van der Waals surface area contributed by atoms with Gasteiger partial charge in [-0.05, 0) is 31.2 Å². The molecule has 3 aromatic rings. The van der Waals surface area contributed by atoms with Crippen LogP contribution in [0, 0.1) is 0 Å². The highest BCUT2D eigenvalue weighted by molar-refractivity contribution is 6.30. The van der Waals surface area contributed by atoms with Crippen LogP contribution in [0.1, 0.15) is 17.3 Å². The van der Waals surface area contributed by atoms with Crippen LogP contribution in [0.15, 0.2) is 54.6 Å². The van der Waals surface area contributed by atoms with E-state index >= 15 is 0 Å². The summed E-state index contributed by atoms with van der Waals surface area (Å²) in [6, 6.07) is 16.9. The number of carbonyl (C=O) groups excluding carboxylic acids is 1. The Bertz CT molecular complexity index is 828. The van der Waals surface area contributed by atoms with Crippen molar-refractivity contribution in [3.63, 3.8) is 0 Å². The van der Waals surface area contributed by atoms with Crippen LogP contribution in [0.3, 0.4) is 0 Å². The van der Waals surface area contributed by atoms with E-state index in [1.807, 2.05) is 61.5 Å². The number of nitrogens with zero attached hydrogens (tertiary/aromatic N) is 1. The van der Waals surface area contributed by atoms with Crippen molar-refractivity contribution in [3.8, 4) is 11.3 Å². The van der Waals surface area contributed by atoms with E-state index in [1.54, 1.807) is 0 Å². The minimum absolute atomic E-state index is 0.0867. The van der Waals surface area contributed by atoms with Crippen molar-refractivity contribution in [1.82, 2.24) is 10.3 Å². The van der Waals surface area contributed by atoms with Gasteiger partial charge in [-0.15, -0.1) is 0 Å². The Labute approximate surface area is 133 Å². The summed E-state index contributed by atoms with van der Waals surface area (Å²) in [7, 11) is 0. The van der Waals surface area contributed by atoms with Gasteiger partial charge in [-0.1, -0.05) is 41.9 Å². The summed E-state index contributed by atoms with van der Waals surface area (Å²) in [5, 5.41) is 4.38. The van der Waals surface area contributed by atoms with Crippen LogP contribution >= 0.6 is 11.6 Å². The number of amides is 1. The molecule has 110 valence electrons. The fourth-order valence-electron chi connectivity index (χ4n) is 2.39. The number of halogens is 1. The molecule has 0 spiro atoms. The van der Waals surface area contributed by atoms with Crippen molar-refractivity contribution in [2.45, 2.75) is 6.92 Å². The molecule has 1 N–H and O–H groups in total. The van der Waals surface area contributed by atoms with E-state index in [2.05, 4.69) is 10.3 Å². The number of aromatic nitrogens is 1. The molecule has 2 aromatic carbocycles. The summed E-state index contributed by atoms with van der Waals surface area (Å²) in [5.41, 5.74) is 3.13. The van der Waals surface area contributed by atoms with Crippen LogP contribution in [0.25, 0.3) is 22.2 Å². The molecule has 0 aliphatic carbocycles. The van der Waals surface area contributed by atoms with Crippen LogP contribution in [0.4, 0.5) is 0 Å². The van der Waals surface area contributed by atoms with Crippen LogP contribution in [-0.2, 0) is 0 Å². The average molecular weight is 311 g/mol. The molecule has 1 aromatic heterocycles. The van der Waals surface area contributed by atoms with Gasteiger partial charge in [0.05, 0.1) is 16.8 Å². The maximum Gasteiger partial charge on any atom is 0.252 e. The zero-order chi connectivity index (χ0) is 15.5. The lowest BCUT2D eigenvalue weighted by atomic mass is 10.0. The predicted molar refractivity (Wildman–Crippen MR) is 90.2 cm³/mol. The summed E-state index contributed by atoms with van der Waals surface area (Å²) >= 11 is 5.93. The molecule has 3 nitrogen and oxygen atoms in total. The topological polar surface area (TPSA) is 42.0 Å². The Morgan fingerprint density at radius 2 is 1.86 bits per heavy atom. The summed E-state index contributed by atoms with van der Waals surface area (Å²) in [6.07, 6.45) is 0. The highest BCUT2D eigenvalue weighted by Crippen LogP contribution is 2.25. The number of nitrogens with one attached hydrogen (secondary N) is 1. The van der Waals surface area contributed by atoms with Crippen molar-refractivity contribution in [1.29, 1.82) is 0 Å². The van der Waals surface area contributed by atoms with Crippen molar-refractivity contribution in [2.75, 3.05) is 6.54 Å².